The number of esters is 1. The molecule has 2 aromatic rings. The molecule has 0 aliphatic rings. The highest BCUT2D eigenvalue weighted by atomic mass is 16.5. The second kappa shape index (κ2) is 5.44. The van der Waals surface area contributed by atoms with E-state index in [0.29, 0.717) is 11.3 Å². The van der Waals surface area contributed by atoms with Gasteiger partial charge in [0.25, 0.3) is 0 Å². The summed E-state index contributed by atoms with van der Waals surface area (Å²) in [6.45, 7) is 0. The Morgan fingerprint density at radius 2 is 1.74 bits per heavy atom. The molecule has 98 valence electrons. The summed E-state index contributed by atoms with van der Waals surface area (Å²) in [5.41, 5.74) is 8.53. The van der Waals surface area contributed by atoms with Crippen molar-refractivity contribution >= 4 is 11.7 Å². The van der Waals surface area contributed by atoms with Crippen molar-refractivity contribution in [3.63, 3.8) is 0 Å². The standard InChI is InChI=1S/C15H15NO3/c1-18-11-8-6-10(7-9-11)12-4-3-5-13(14(12)16)15(17)19-2/h3-9H,16H2,1-2H3. The van der Waals surface area contributed by atoms with Crippen molar-refractivity contribution in [3.8, 4) is 16.9 Å². The molecule has 4 nitrogen and oxygen atoms in total. The van der Waals surface area contributed by atoms with E-state index in [9.17, 15) is 4.79 Å². The number of carbonyl (C=O) groups is 1. The summed E-state index contributed by atoms with van der Waals surface area (Å²) < 4.78 is 9.81. The molecular formula is C15H15NO3. The van der Waals surface area contributed by atoms with Gasteiger partial charge in [-0.05, 0) is 23.8 Å². The van der Waals surface area contributed by atoms with Crippen molar-refractivity contribution < 1.29 is 14.3 Å². The Bertz CT molecular complexity index is 591. The van der Waals surface area contributed by atoms with Crippen LogP contribution >= 0.6 is 0 Å². The van der Waals surface area contributed by atoms with E-state index in [-0.39, 0.29) is 0 Å². The predicted molar refractivity (Wildman–Crippen MR) is 74.2 cm³/mol. The molecule has 0 saturated heterocycles. The summed E-state index contributed by atoms with van der Waals surface area (Å²) in [6, 6.07) is 12.8. The van der Waals surface area contributed by atoms with Crippen molar-refractivity contribution in [2.24, 2.45) is 0 Å². The molecule has 0 amide bonds. The topological polar surface area (TPSA) is 61.5 Å². The van der Waals surface area contributed by atoms with Crippen LogP contribution in [0.15, 0.2) is 42.5 Å². The van der Waals surface area contributed by atoms with E-state index in [1.54, 1.807) is 19.2 Å². The molecule has 0 spiro atoms. The van der Waals surface area contributed by atoms with E-state index in [4.69, 9.17) is 15.2 Å². The summed E-state index contributed by atoms with van der Waals surface area (Å²) in [4.78, 5) is 11.6. The summed E-state index contributed by atoms with van der Waals surface area (Å²) in [5, 5.41) is 0. The number of anilines is 1. The van der Waals surface area contributed by atoms with Crippen LogP contribution < -0.4 is 10.5 Å². The number of nitrogen functional groups attached to an aromatic ring is 1. The van der Waals surface area contributed by atoms with Crippen LogP contribution in [0.25, 0.3) is 11.1 Å². The fourth-order valence-corrected chi connectivity index (χ4v) is 1.88. The normalized spacial score (nSPS) is 10.0. The van der Waals surface area contributed by atoms with Crippen molar-refractivity contribution in [2.75, 3.05) is 20.0 Å². The molecule has 0 aromatic heterocycles. The molecule has 0 aliphatic carbocycles. The van der Waals surface area contributed by atoms with Gasteiger partial charge in [-0.2, -0.15) is 0 Å². The van der Waals surface area contributed by atoms with Crippen molar-refractivity contribution in [1.29, 1.82) is 0 Å². The molecule has 0 atom stereocenters. The molecule has 0 bridgehead atoms. The maximum atomic E-state index is 11.6. The molecule has 4 heteroatoms. The molecule has 0 fully saturated rings. The lowest BCUT2D eigenvalue weighted by atomic mass is 10.0. The number of rotatable bonds is 3. The Morgan fingerprint density at radius 1 is 1.05 bits per heavy atom. The van der Waals surface area contributed by atoms with Gasteiger partial charge in [-0.3, -0.25) is 0 Å². The minimum atomic E-state index is -0.437. The highest BCUT2D eigenvalue weighted by Crippen LogP contribution is 2.30. The number of para-hydroxylation sites is 1. The molecule has 2 rings (SSSR count). The Kier molecular flexibility index (Phi) is 3.71. The van der Waals surface area contributed by atoms with Gasteiger partial charge in [0.15, 0.2) is 0 Å². The summed E-state index contributed by atoms with van der Waals surface area (Å²) in [5.74, 6) is 0.333. The quantitative estimate of drug-likeness (QED) is 0.678. The molecule has 0 saturated carbocycles. The monoisotopic (exact) mass is 257 g/mol. The lowest BCUT2D eigenvalue weighted by Gasteiger charge is -2.10. The lowest BCUT2D eigenvalue weighted by Crippen LogP contribution is -2.06. The van der Waals surface area contributed by atoms with Gasteiger partial charge in [-0.15, -0.1) is 0 Å². The van der Waals surface area contributed by atoms with E-state index >= 15 is 0 Å². The molecule has 0 heterocycles. The summed E-state index contributed by atoms with van der Waals surface area (Å²) in [7, 11) is 2.95. The Labute approximate surface area is 111 Å². The van der Waals surface area contributed by atoms with Crippen LogP contribution in [0.4, 0.5) is 5.69 Å². The van der Waals surface area contributed by atoms with Crippen molar-refractivity contribution in [2.45, 2.75) is 0 Å². The van der Waals surface area contributed by atoms with Gasteiger partial charge >= 0.3 is 5.97 Å². The van der Waals surface area contributed by atoms with E-state index in [0.717, 1.165) is 16.9 Å². The SMILES string of the molecule is COC(=O)c1cccc(-c2ccc(OC)cc2)c1N. The van der Waals surface area contributed by atoms with Crippen molar-refractivity contribution in [1.82, 2.24) is 0 Å². The van der Waals surface area contributed by atoms with Gasteiger partial charge in [0.2, 0.25) is 0 Å². The zero-order valence-corrected chi connectivity index (χ0v) is 10.8. The maximum Gasteiger partial charge on any atom is 0.339 e. The number of carbonyl (C=O) groups excluding carboxylic acids is 1. The molecular weight excluding hydrogens is 242 g/mol. The minimum absolute atomic E-state index is 0.371. The fourth-order valence-electron chi connectivity index (χ4n) is 1.88. The van der Waals surface area contributed by atoms with Crippen LogP contribution in [-0.2, 0) is 4.74 Å². The largest absolute Gasteiger partial charge is 0.497 e. The van der Waals surface area contributed by atoms with Gasteiger partial charge in [-0.1, -0.05) is 24.3 Å². The van der Waals surface area contributed by atoms with E-state index < -0.39 is 5.97 Å². The first-order valence-electron chi connectivity index (χ1n) is 5.78. The number of nitrogens with two attached hydrogens (primary N) is 1. The van der Waals surface area contributed by atoms with Gasteiger partial charge in [0.1, 0.15) is 5.75 Å². The maximum absolute atomic E-state index is 11.6. The Balaban J connectivity index is 2.47. The molecule has 2 aromatic carbocycles. The third-order valence-electron chi connectivity index (χ3n) is 2.91. The second-order valence-corrected chi connectivity index (χ2v) is 3.99. The van der Waals surface area contributed by atoms with Gasteiger partial charge in [0.05, 0.1) is 25.5 Å². The first-order chi connectivity index (χ1) is 9.17. The van der Waals surface area contributed by atoms with Gasteiger partial charge in [-0.25, -0.2) is 4.79 Å². The number of hydrogen-bond donors (Lipinski definition) is 1. The highest BCUT2D eigenvalue weighted by molar-refractivity contribution is 5.99. The van der Waals surface area contributed by atoms with Crippen LogP contribution in [0.1, 0.15) is 10.4 Å². The third kappa shape index (κ3) is 2.52. The van der Waals surface area contributed by atoms with E-state index in [1.165, 1.54) is 7.11 Å². The minimum Gasteiger partial charge on any atom is -0.497 e. The zero-order valence-electron chi connectivity index (χ0n) is 10.8. The van der Waals surface area contributed by atoms with Gasteiger partial charge in [0, 0.05) is 5.56 Å². The zero-order chi connectivity index (χ0) is 13.8. The molecule has 0 aliphatic heterocycles. The number of hydrogen-bond acceptors (Lipinski definition) is 4. The Morgan fingerprint density at radius 3 is 2.32 bits per heavy atom. The summed E-state index contributed by atoms with van der Waals surface area (Å²) in [6.07, 6.45) is 0. The number of benzene rings is 2. The van der Waals surface area contributed by atoms with Crippen LogP contribution in [0.3, 0.4) is 0 Å². The smallest absolute Gasteiger partial charge is 0.339 e. The van der Waals surface area contributed by atoms with Crippen molar-refractivity contribution in [3.05, 3.63) is 48.0 Å². The molecule has 2 N–H and O–H groups in total. The first kappa shape index (κ1) is 13.0. The van der Waals surface area contributed by atoms with Crippen LogP contribution in [-0.4, -0.2) is 20.2 Å². The third-order valence-corrected chi connectivity index (χ3v) is 2.91. The van der Waals surface area contributed by atoms with Crippen LogP contribution in [0.2, 0.25) is 0 Å². The predicted octanol–water partition coefficient (Wildman–Crippen LogP) is 2.73. The van der Waals surface area contributed by atoms with Crippen LogP contribution in [0, 0.1) is 0 Å². The second-order valence-electron chi connectivity index (χ2n) is 3.99. The molecule has 0 unspecified atom stereocenters. The fraction of sp³-hybridized carbons (Fsp3) is 0.133. The highest BCUT2D eigenvalue weighted by Gasteiger charge is 2.13. The number of ether oxygens (including phenoxy) is 2. The number of methoxy groups -OCH3 is 2. The van der Waals surface area contributed by atoms with E-state index in [2.05, 4.69) is 0 Å². The summed E-state index contributed by atoms with van der Waals surface area (Å²) >= 11 is 0. The van der Waals surface area contributed by atoms with Crippen LogP contribution in [0.5, 0.6) is 5.75 Å². The Hall–Kier alpha value is -2.49. The molecule has 19 heavy (non-hydrogen) atoms. The average Bonchev–Trinajstić information content (AvgIpc) is 2.47. The average molecular weight is 257 g/mol. The van der Waals surface area contributed by atoms with Gasteiger partial charge < -0.3 is 15.2 Å². The van der Waals surface area contributed by atoms with E-state index in [1.807, 2.05) is 30.3 Å². The molecule has 0 radical (unpaired) electrons. The first-order valence-corrected chi connectivity index (χ1v) is 5.78. The lowest BCUT2D eigenvalue weighted by molar-refractivity contribution is 0.0602.